The summed E-state index contributed by atoms with van der Waals surface area (Å²) in [5.41, 5.74) is 2.05. The van der Waals surface area contributed by atoms with Crippen molar-refractivity contribution in [3.8, 4) is 0 Å². The molecule has 170 valence electrons. The maximum Gasteiger partial charge on any atom is 0.329 e. The number of halogens is 1. The van der Waals surface area contributed by atoms with Gasteiger partial charge in [0.1, 0.15) is 6.04 Å². The molecule has 2 amide bonds. The van der Waals surface area contributed by atoms with Gasteiger partial charge in [0.05, 0.1) is 16.6 Å². The van der Waals surface area contributed by atoms with Gasteiger partial charge in [-0.2, -0.15) is 0 Å². The molecule has 0 aliphatic heterocycles. The van der Waals surface area contributed by atoms with Crippen LogP contribution in [0.5, 0.6) is 0 Å². The van der Waals surface area contributed by atoms with Gasteiger partial charge in [0.25, 0.3) is 11.8 Å². The van der Waals surface area contributed by atoms with Crippen molar-refractivity contribution in [1.29, 1.82) is 0 Å². The van der Waals surface area contributed by atoms with E-state index in [2.05, 4.69) is 10.6 Å². The molecule has 7 heteroatoms. The summed E-state index contributed by atoms with van der Waals surface area (Å²) in [4.78, 5) is 37.7. The highest BCUT2D eigenvalue weighted by Crippen LogP contribution is 2.22. The van der Waals surface area contributed by atoms with Crippen LogP contribution in [0.25, 0.3) is 0 Å². The molecule has 0 aliphatic rings. The molecule has 6 nitrogen and oxygen atoms in total. The highest BCUT2D eigenvalue weighted by atomic mass is 35.5. The number of carbonyl (C=O) groups is 3. The number of hydrogen-bond acceptors (Lipinski definition) is 4. The van der Waals surface area contributed by atoms with Crippen molar-refractivity contribution < 1.29 is 19.1 Å². The largest absolute Gasteiger partial charge is 0.451 e. The normalized spacial score (nSPS) is 12.5. The maximum atomic E-state index is 12.9. The molecule has 0 spiro atoms. The molecule has 2 N–H and O–H groups in total. The molecule has 0 saturated heterocycles. The summed E-state index contributed by atoms with van der Waals surface area (Å²) in [6, 6.07) is 24.2. The van der Waals surface area contributed by atoms with Crippen molar-refractivity contribution in [3.63, 3.8) is 0 Å². The summed E-state index contributed by atoms with van der Waals surface area (Å²) in [7, 11) is 0. The number of benzene rings is 3. The van der Waals surface area contributed by atoms with Crippen molar-refractivity contribution in [2.75, 3.05) is 0 Å². The number of ether oxygens (including phenoxy) is 1. The van der Waals surface area contributed by atoms with Gasteiger partial charge >= 0.3 is 5.97 Å². The molecular formula is C26H25ClN2O4. The summed E-state index contributed by atoms with van der Waals surface area (Å²) in [6.07, 6.45) is -1.06. The van der Waals surface area contributed by atoms with Crippen LogP contribution in [0.15, 0.2) is 84.9 Å². The molecule has 3 rings (SSSR count). The molecule has 0 unspecified atom stereocenters. The van der Waals surface area contributed by atoms with Gasteiger partial charge in [-0.3, -0.25) is 9.59 Å². The van der Waals surface area contributed by atoms with Crippen LogP contribution in [-0.4, -0.2) is 29.9 Å². The minimum atomic E-state index is -1.06. The van der Waals surface area contributed by atoms with Crippen LogP contribution in [0.2, 0.25) is 5.02 Å². The predicted molar refractivity (Wildman–Crippen MR) is 127 cm³/mol. The molecule has 0 saturated carbocycles. The number of esters is 1. The number of carbonyl (C=O) groups excluding carboxylic acids is 3. The molecule has 0 aliphatic carbocycles. The second-order valence-corrected chi connectivity index (χ2v) is 7.92. The van der Waals surface area contributed by atoms with Crippen molar-refractivity contribution >= 4 is 29.4 Å². The van der Waals surface area contributed by atoms with E-state index >= 15 is 0 Å². The molecular weight excluding hydrogens is 440 g/mol. The Morgan fingerprint density at radius 1 is 0.758 bits per heavy atom. The van der Waals surface area contributed by atoms with Gasteiger partial charge in [-0.1, -0.05) is 84.4 Å². The SMILES string of the molecule is C[C@H](NC(=O)c1ccccc1Cl)C(=O)O[C@H](C)C(=O)NC(c1ccccc1)c1ccccc1. The molecule has 0 radical (unpaired) electrons. The number of hydrogen-bond donors (Lipinski definition) is 2. The standard InChI is InChI=1S/C26H25ClN2O4/c1-17(28-25(31)21-15-9-10-16-22(21)27)26(32)33-18(2)24(30)29-23(19-11-5-3-6-12-19)20-13-7-4-8-14-20/h3-18,23H,1-2H3,(H,28,31)(H,29,30)/t17-,18+/m0/s1. The van der Waals surface area contributed by atoms with E-state index in [1.807, 2.05) is 60.7 Å². The number of nitrogens with one attached hydrogen (secondary N) is 2. The molecule has 3 aromatic carbocycles. The molecule has 0 heterocycles. The molecule has 3 aromatic rings. The zero-order chi connectivity index (χ0) is 23.8. The van der Waals surface area contributed by atoms with Crippen molar-refractivity contribution in [2.45, 2.75) is 32.0 Å². The van der Waals surface area contributed by atoms with Gasteiger partial charge in [0.15, 0.2) is 6.10 Å². The lowest BCUT2D eigenvalue weighted by atomic mass is 9.98. The Morgan fingerprint density at radius 3 is 1.82 bits per heavy atom. The van der Waals surface area contributed by atoms with Gasteiger partial charge in [0.2, 0.25) is 0 Å². The summed E-state index contributed by atoms with van der Waals surface area (Å²) < 4.78 is 5.31. The first-order valence-corrected chi connectivity index (χ1v) is 10.9. The fourth-order valence-electron chi connectivity index (χ4n) is 3.22. The van der Waals surface area contributed by atoms with Crippen LogP contribution < -0.4 is 10.6 Å². The third-order valence-electron chi connectivity index (χ3n) is 5.03. The van der Waals surface area contributed by atoms with Gasteiger partial charge in [-0.15, -0.1) is 0 Å². The predicted octanol–water partition coefficient (Wildman–Crippen LogP) is 4.30. The first kappa shape index (κ1) is 24.0. The van der Waals surface area contributed by atoms with E-state index in [0.29, 0.717) is 0 Å². The first-order valence-electron chi connectivity index (χ1n) is 10.5. The highest BCUT2D eigenvalue weighted by Gasteiger charge is 2.26. The topological polar surface area (TPSA) is 84.5 Å². The third-order valence-corrected chi connectivity index (χ3v) is 5.36. The quantitative estimate of drug-likeness (QED) is 0.487. The average Bonchev–Trinajstić information content (AvgIpc) is 2.83. The fourth-order valence-corrected chi connectivity index (χ4v) is 3.44. The lowest BCUT2D eigenvalue weighted by Gasteiger charge is -2.23. The maximum absolute atomic E-state index is 12.9. The van der Waals surface area contributed by atoms with Crippen LogP contribution in [-0.2, 0) is 14.3 Å². The Hall–Kier alpha value is -3.64. The van der Waals surface area contributed by atoms with E-state index in [1.54, 1.807) is 24.3 Å². The van der Waals surface area contributed by atoms with E-state index in [0.717, 1.165) is 11.1 Å². The lowest BCUT2D eigenvalue weighted by Crippen LogP contribution is -2.44. The third kappa shape index (κ3) is 6.43. The minimum absolute atomic E-state index is 0.248. The monoisotopic (exact) mass is 464 g/mol. The molecule has 2 atom stereocenters. The van der Waals surface area contributed by atoms with Gasteiger partial charge < -0.3 is 15.4 Å². The van der Waals surface area contributed by atoms with Gasteiger partial charge in [-0.05, 0) is 37.1 Å². The second kappa shape index (κ2) is 11.3. The summed E-state index contributed by atoms with van der Waals surface area (Å²) in [6.45, 7) is 2.97. The summed E-state index contributed by atoms with van der Waals surface area (Å²) in [5.74, 6) is -1.69. The van der Waals surface area contributed by atoms with Crippen molar-refractivity contribution in [1.82, 2.24) is 10.6 Å². The minimum Gasteiger partial charge on any atom is -0.451 e. The Bertz CT molecular complexity index is 1070. The van der Waals surface area contributed by atoms with Crippen molar-refractivity contribution in [3.05, 3.63) is 107 Å². The Morgan fingerprint density at radius 2 is 1.27 bits per heavy atom. The first-order chi connectivity index (χ1) is 15.9. The van der Waals surface area contributed by atoms with E-state index < -0.39 is 36.0 Å². The van der Waals surface area contributed by atoms with Crippen LogP contribution in [0.1, 0.15) is 41.4 Å². The van der Waals surface area contributed by atoms with E-state index in [9.17, 15) is 14.4 Å². The van der Waals surface area contributed by atoms with Crippen LogP contribution >= 0.6 is 11.6 Å². The number of amides is 2. The zero-order valence-corrected chi connectivity index (χ0v) is 19.1. The van der Waals surface area contributed by atoms with E-state index in [1.165, 1.54) is 13.8 Å². The Balaban J connectivity index is 1.63. The summed E-state index contributed by atoms with van der Waals surface area (Å²) in [5, 5.41) is 5.76. The second-order valence-electron chi connectivity index (χ2n) is 7.52. The molecule has 0 bridgehead atoms. The van der Waals surface area contributed by atoms with Gasteiger partial charge in [-0.25, -0.2) is 4.79 Å². The Labute approximate surface area is 197 Å². The van der Waals surface area contributed by atoms with E-state index in [4.69, 9.17) is 16.3 Å². The number of rotatable bonds is 8. The zero-order valence-electron chi connectivity index (χ0n) is 18.3. The average molecular weight is 465 g/mol. The van der Waals surface area contributed by atoms with Gasteiger partial charge in [0, 0.05) is 0 Å². The molecule has 0 fully saturated rings. The van der Waals surface area contributed by atoms with Crippen LogP contribution in [0, 0.1) is 0 Å². The molecule has 33 heavy (non-hydrogen) atoms. The van der Waals surface area contributed by atoms with Crippen molar-refractivity contribution in [2.24, 2.45) is 0 Å². The molecule has 0 aromatic heterocycles. The smallest absolute Gasteiger partial charge is 0.329 e. The van der Waals surface area contributed by atoms with E-state index in [-0.39, 0.29) is 10.6 Å². The Kier molecular flexibility index (Phi) is 8.22. The highest BCUT2D eigenvalue weighted by molar-refractivity contribution is 6.33. The fraction of sp³-hybridized carbons (Fsp3) is 0.192. The van der Waals surface area contributed by atoms with Crippen LogP contribution in [0.4, 0.5) is 0 Å². The summed E-state index contributed by atoms with van der Waals surface area (Å²) >= 11 is 6.03. The van der Waals surface area contributed by atoms with Crippen LogP contribution in [0.3, 0.4) is 0 Å². The lowest BCUT2D eigenvalue weighted by molar-refractivity contribution is -0.156.